The molecule has 5 rings (SSSR count). The second-order valence-electron chi connectivity index (χ2n) is 9.08. The molecule has 0 radical (unpaired) electrons. The second kappa shape index (κ2) is 11.5. The molecule has 2 heterocycles. The van der Waals surface area contributed by atoms with Gasteiger partial charge in [-0.05, 0) is 37.6 Å². The van der Waals surface area contributed by atoms with Crippen molar-refractivity contribution in [2.75, 3.05) is 39.4 Å². The van der Waals surface area contributed by atoms with Gasteiger partial charge in [-0.25, -0.2) is 4.99 Å². The van der Waals surface area contributed by atoms with Gasteiger partial charge in [-0.1, -0.05) is 42.5 Å². The summed E-state index contributed by atoms with van der Waals surface area (Å²) in [4.78, 5) is 10.6. The van der Waals surface area contributed by atoms with Crippen molar-refractivity contribution in [2.45, 2.75) is 20.4 Å². The number of fused-ring (bicyclic) bond motifs is 1. The average Bonchev–Trinajstić information content (AvgIpc) is 3.24. The van der Waals surface area contributed by atoms with Crippen LogP contribution >= 0.6 is 0 Å². The Morgan fingerprint density at radius 1 is 0.919 bits per heavy atom. The zero-order chi connectivity index (χ0) is 25.6. The fraction of sp³-hybridized carbons (Fsp3) is 0.300. The van der Waals surface area contributed by atoms with Crippen molar-refractivity contribution in [1.29, 1.82) is 0 Å². The van der Waals surface area contributed by atoms with Gasteiger partial charge in [0, 0.05) is 49.7 Å². The minimum atomic E-state index is 0.0593. The number of ether oxygens (including phenoxy) is 2. The fourth-order valence-corrected chi connectivity index (χ4v) is 4.76. The summed E-state index contributed by atoms with van der Waals surface area (Å²) in [6.45, 7) is 10.0. The van der Waals surface area contributed by atoms with E-state index in [0.29, 0.717) is 36.0 Å². The molecule has 3 aromatic carbocycles. The first-order valence-electron chi connectivity index (χ1n) is 13.0. The number of piperazine rings is 1. The molecule has 0 spiro atoms. The Kier molecular flexibility index (Phi) is 7.73. The van der Waals surface area contributed by atoms with Crippen molar-refractivity contribution in [2.24, 2.45) is 4.99 Å². The number of aliphatic imine (C=N–C) groups is 1. The van der Waals surface area contributed by atoms with Gasteiger partial charge >= 0.3 is 0 Å². The van der Waals surface area contributed by atoms with Crippen LogP contribution in [-0.2, 0) is 6.54 Å². The van der Waals surface area contributed by atoms with Crippen molar-refractivity contribution in [3.8, 4) is 17.4 Å². The molecule has 0 aliphatic carbocycles. The molecular weight excluding hydrogens is 464 g/mol. The zero-order valence-corrected chi connectivity index (χ0v) is 21.5. The highest BCUT2D eigenvalue weighted by atomic mass is 16.5. The highest BCUT2D eigenvalue weighted by Gasteiger charge is 2.21. The SMILES string of the molecule is CCOc1cc2[nH]c(O)c(C(=Nc3ccc(CN4CCNCC4)cc3)c3ccccc3)c2cc1OCC. The third kappa shape index (κ3) is 5.63. The number of aromatic hydroxyl groups is 1. The maximum absolute atomic E-state index is 11.1. The van der Waals surface area contributed by atoms with E-state index in [9.17, 15) is 5.11 Å². The van der Waals surface area contributed by atoms with Crippen molar-refractivity contribution in [1.82, 2.24) is 15.2 Å². The van der Waals surface area contributed by atoms with Crippen LogP contribution in [0.15, 0.2) is 71.7 Å². The first-order valence-corrected chi connectivity index (χ1v) is 13.0. The number of benzene rings is 3. The monoisotopic (exact) mass is 498 g/mol. The summed E-state index contributed by atoms with van der Waals surface area (Å²) >= 11 is 0. The molecule has 4 aromatic rings. The summed E-state index contributed by atoms with van der Waals surface area (Å²) < 4.78 is 11.7. The predicted octanol–water partition coefficient (Wildman–Crippen LogP) is 5.25. The molecule has 0 amide bonds. The molecule has 0 atom stereocenters. The molecule has 1 aliphatic heterocycles. The third-order valence-corrected chi connectivity index (χ3v) is 6.52. The number of aromatic amines is 1. The first kappa shape index (κ1) is 24.9. The summed E-state index contributed by atoms with van der Waals surface area (Å²) in [5, 5.41) is 15.3. The van der Waals surface area contributed by atoms with E-state index in [-0.39, 0.29) is 5.88 Å². The summed E-state index contributed by atoms with van der Waals surface area (Å²) in [5.74, 6) is 1.34. The lowest BCUT2D eigenvalue weighted by atomic mass is 10.0. The van der Waals surface area contributed by atoms with E-state index in [1.165, 1.54) is 5.56 Å². The van der Waals surface area contributed by atoms with Gasteiger partial charge in [-0.3, -0.25) is 4.90 Å². The molecule has 1 saturated heterocycles. The Labute approximate surface area is 217 Å². The number of hydrogen-bond donors (Lipinski definition) is 3. The molecule has 37 heavy (non-hydrogen) atoms. The van der Waals surface area contributed by atoms with Crippen molar-refractivity contribution in [3.05, 3.63) is 83.4 Å². The number of hydrogen-bond acceptors (Lipinski definition) is 6. The van der Waals surface area contributed by atoms with E-state index in [4.69, 9.17) is 14.5 Å². The maximum Gasteiger partial charge on any atom is 0.199 e. The molecule has 3 N–H and O–H groups in total. The molecule has 0 unspecified atom stereocenters. The van der Waals surface area contributed by atoms with Gasteiger partial charge in [0.1, 0.15) is 0 Å². The van der Waals surface area contributed by atoms with Crippen molar-refractivity contribution >= 4 is 22.3 Å². The molecule has 1 aliphatic rings. The van der Waals surface area contributed by atoms with Crippen LogP contribution in [0.4, 0.5) is 5.69 Å². The van der Waals surface area contributed by atoms with Gasteiger partial charge in [0.2, 0.25) is 0 Å². The van der Waals surface area contributed by atoms with E-state index in [2.05, 4.69) is 27.3 Å². The average molecular weight is 499 g/mol. The Balaban J connectivity index is 1.56. The molecule has 1 fully saturated rings. The molecule has 0 saturated carbocycles. The minimum Gasteiger partial charge on any atom is -0.494 e. The zero-order valence-electron chi connectivity index (χ0n) is 21.5. The lowest BCUT2D eigenvalue weighted by Gasteiger charge is -2.27. The highest BCUT2D eigenvalue weighted by Crippen LogP contribution is 2.38. The van der Waals surface area contributed by atoms with E-state index in [1.54, 1.807) is 0 Å². The van der Waals surface area contributed by atoms with E-state index in [0.717, 1.165) is 54.9 Å². The second-order valence-corrected chi connectivity index (χ2v) is 9.08. The van der Waals surface area contributed by atoms with Crippen LogP contribution in [0.3, 0.4) is 0 Å². The van der Waals surface area contributed by atoms with Crippen molar-refractivity contribution in [3.63, 3.8) is 0 Å². The molecule has 7 heteroatoms. The molecule has 7 nitrogen and oxygen atoms in total. The number of H-pyrrole nitrogens is 1. The van der Waals surface area contributed by atoms with Crippen LogP contribution in [0, 0.1) is 0 Å². The number of rotatable bonds is 9. The van der Waals surface area contributed by atoms with Gasteiger partial charge in [0.25, 0.3) is 0 Å². The highest BCUT2D eigenvalue weighted by molar-refractivity contribution is 6.22. The summed E-state index contributed by atoms with van der Waals surface area (Å²) in [7, 11) is 0. The van der Waals surface area contributed by atoms with Crippen LogP contribution in [0.2, 0.25) is 0 Å². The van der Waals surface area contributed by atoms with Crippen LogP contribution < -0.4 is 14.8 Å². The third-order valence-electron chi connectivity index (χ3n) is 6.52. The fourth-order valence-electron chi connectivity index (χ4n) is 4.76. The van der Waals surface area contributed by atoms with E-state index in [1.807, 2.05) is 68.4 Å². The Bertz CT molecular complexity index is 1360. The maximum atomic E-state index is 11.1. The number of nitrogens with one attached hydrogen (secondary N) is 2. The molecule has 1 aromatic heterocycles. The molecular formula is C30H34N4O3. The Morgan fingerprint density at radius 2 is 1.59 bits per heavy atom. The van der Waals surface area contributed by atoms with Crippen LogP contribution in [0.1, 0.15) is 30.5 Å². The van der Waals surface area contributed by atoms with E-state index < -0.39 is 0 Å². The van der Waals surface area contributed by atoms with Gasteiger partial charge in [0.05, 0.1) is 35.7 Å². The van der Waals surface area contributed by atoms with Crippen LogP contribution in [0.5, 0.6) is 17.4 Å². The van der Waals surface area contributed by atoms with E-state index >= 15 is 0 Å². The van der Waals surface area contributed by atoms with Gasteiger partial charge in [-0.15, -0.1) is 0 Å². The quantitative estimate of drug-likeness (QED) is 0.275. The van der Waals surface area contributed by atoms with Gasteiger partial charge in [-0.2, -0.15) is 0 Å². The smallest absolute Gasteiger partial charge is 0.199 e. The van der Waals surface area contributed by atoms with Crippen molar-refractivity contribution < 1.29 is 14.6 Å². The summed E-state index contributed by atoms with van der Waals surface area (Å²) in [6.07, 6.45) is 0. The normalized spacial score (nSPS) is 14.7. The predicted molar refractivity (Wildman–Crippen MR) is 149 cm³/mol. The first-order chi connectivity index (χ1) is 18.2. The minimum absolute atomic E-state index is 0.0593. The number of nitrogens with zero attached hydrogens (tertiary/aromatic N) is 2. The summed E-state index contributed by atoms with van der Waals surface area (Å²) in [6, 6.07) is 22.1. The van der Waals surface area contributed by atoms with Crippen LogP contribution in [-0.4, -0.2) is 60.1 Å². The topological polar surface area (TPSA) is 82.1 Å². The van der Waals surface area contributed by atoms with Gasteiger partial charge < -0.3 is 24.9 Å². The Hall–Kier alpha value is -3.81. The molecule has 192 valence electrons. The Morgan fingerprint density at radius 3 is 2.27 bits per heavy atom. The largest absolute Gasteiger partial charge is 0.494 e. The van der Waals surface area contributed by atoms with Crippen LogP contribution in [0.25, 0.3) is 10.9 Å². The number of aromatic nitrogens is 1. The summed E-state index contributed by atoms with van der Waals surface area (Å²) in [5.41, 5.74) is 5.08. The lowest BCUT2D eigenvalue weighted by Crippen LogP contribution is -2.42. The molecule has 0 bridgehead atoms. The standard InChI is InChI=1S/C30H34N4O3/c1-3-36-26-18-24-25(19-27(26)37-4-2)33-30(35)28(24)29(22-8-6-5-7-9-22)32-23-12-10-21(11-13-23)20-34-16-14-31-15-17-34/h5-13,18-19,31,33,35H,3-4,14-17,20H2,1-2H3. The lowest BCUT2D eigenvalue weighted by molar-refractivity contribution is 0.233. The van der Waals surface area contributed by atoms with Gasteiger partial charge in [0.15, 0.2) is 17.4 Å².